The molecule has 0 heterocycles. The Labute approximate surface area is 115 Å². The monoisotopic (exact) mass is 258 g/mol. The van der Waals surface area contributed by atoms with Gasteiger partial charge in [0.25, 0.3) is 0 Å². The van der Waals surface area contributed by atoms with E-state index in [-0.39, 0.29) is 25.0 Å². The zero-order valence-corrected chi connectivity index (χ0v) is 11.2. The van der Waals surface area contributed by atoms with Gasteiger partial charge in [-0.2, -0.15) is 0 Å². The third kappa shape index (κ3) is 3.14. The van der Waals surface area contributed by atoms with E-state index in [1.807, 2.05) is 24.3 Å². The van der Waals surface area contributed by atoms with Gasteiger partial charge in [0, 0.05) is 13.2 Å². The van der Waals surface area contributed by atoms with Gasteiger partial charge in [-0.25, -0.2) is 0 Å². The zero-order valence-electron chi connectivity index (χ0n) is 11.2. The molecule has 0 radical (unpaired) electrons. The third-order valence-electron chi connectivity index (χ3n) is 4.25. The van der Waals surface area contributed by atoms with E-state index in [4.69, 9.17) is 0 Å². The molecule has 1 aliphatic carbocycles. The molecule has 0 saturated heterocycles. The van der Waals surface area contributed by atoms with Crippen LogP contribution in [0.4, 0.5) is 0 Å². The molecule has 2 N–H and O–H groups in total. The predicted octanol–water partition coefficient (Wildman–Crippen LogP) is 2.74. The fourth-order valence-corrected chi connectivity index (χ4v) is 3.13. The Balaban J connectivity index is 2.11. The molecule has 1 aromatic rings. The average Bonchev–Trinajstić information content (AvgIpc) is 2.82. The molecule has 2 heteroatoms. The van der Waals surface area contributed by atoms with Crippen molar-refractivity contribution in [2.75, 3.05) is 13.2 Å². The molecule has 0 aromatic heterocycles. The molecule has 4 atom stereocenters. The molecule has 102 valence electrons. The maximum Gasteiger partial charge on any atom is 0.0468 e. The van der Waals surface area contributed by atoms with Crippen LogP contribution in [0.3, 0.4) is 0 Å². The normalized spacial score (nSPS) is 30.8. The van der Waals surface area contributed by atoms with Gasteiger partial charge in [-0.05, 0) is 35.7 Å². The van der Waals surface area contributed by atoms with Crippen LogP contribution >= 0.6 is 0 Å². The first-order chi connectivity index (χ1) is 9.30. The minimum Gasteiger partial charge on any atom is -0.396 e. The Morgan fingerprint density at radius 2 is 1.68 bits per heavy atom. The van der Waals surface area contributed by atoms with E-state index in [0.717, 1.165) is 6.42 Å². The van der Waals surface area contributed by atoms with E-state index in [0.29, 0.717) is 11.8 Å². The lowest BCUT2D eigenvalue weighted by molar-refractivity contribution is 0.118. The summed E-state index contributed by atoms with van der Waals surface area (Å²) >= 11 is 0. The van der Waals surface area contributed by atoms with Gasteiger partial charge >= 0.3 is 0 Å². The minimum atomic E-state index is 0.123. The van der Waals surface area contributed by atoms with Crippen molar-refractivity contribution in [3.8, 4) is 0 Å². The van der Waals surface area contributed by atoms with Crippen LogP contribution in [0.2, 0.25) is 0 Å². The lowest BCUT2D eigenvalue weighted by atomic mass is 9.88. The Morgan fingerprint density at radius 3 is 2.26 bits per heavy atom. The van der Waals surface area contributed by atoms with Gasteiger partial charge in [-0.15, -0.1) is 6.58 Å². The number of hydrogen-bond donors (Lipinski definition) is 2. The minimum absolute atomic E-state index is 0.123. The largest absolute Gasteiger partial charge is 0.396 e. The molecule has 1 aliphatic rings. The van der Waals surface area contributed by atoms with Crippen LogP contribution < -0.4 is 0 Å². The topological polar surface area (TPSA) is 40.5 Å². The first-order valence-electron chi connectivity index (χ1n) is 6.87. The second-order valence-electron chi connectivity index (χ2n) is 5.26. The van der Waals surface area contributed by atoms with Crippen molar-refractivity contribution in [1.29, 1.82) is 0 Å². The first kappa shape index (κ1) is 14.0. The SMILES string of the molecule is C=C[C@@H]1C[C@H](/C=C/c2ccccc2)[C@@H](CO)[C@H]1CO. The molecular formula is C17H22O2. The summed E-state index contributed by atoms with van der Waals surface area (Å²) in [6, 6.07) is 10.2. The highest BCUT2D eigenvalue weighted by Crippen LogP contribution is 2.42. The zero-order chi connectivity index (χ0) is 13.7. The van der Waals surface area contributed by atoms with Crippen molar-refractivity contribution in [3.63, 3.8) is 0 Å². The maximum absolute atomic E-state index is 9.57. The highest BCUT2D eigenvalue weighted by atomic mass is 16.3. The highest BCUT2D eigenvalue weighted by molar-refractivity contribution is 5.49. The summed E-state index contributed by atoms with van der Waals surface area (Å²) in [5, 5.41) is 19.1. The van der Waals surface area contributed by atoms with Gasteiger partial charge < -0.3 is 10.2 Å². The van der Waals surface area contributed by atoms with Gasteiger partial charge in [0.2, 0.25) is 0 Å². The average molecular weight is 258 g/mol. The summed E-state index contributed by atoms with van der Waals surface area (Å²) < 4.78 is 0. The van der Waals surface area contributed by atoms with Crippen LogP contribution in [0.5, 0.6) is 0 Å². The predicted molar refractivity (Wildman–Crippen MR) is 78.4 cm³/mol. The highest BCUT2D eigenvalue weighted by Gasteiger charge is 2.39. The number of hydrogen-bond acceptors (Lipinski definition) is 2. The molecule has 2 rings (SSSR count). The lowest BCUT2D eigenvalue weighted by Gasteiger charge is -2.20. The third-order valence-corrected chi connectivity index (χ3v) is 4.25. The molecule has 0 aliphatic heterocycles. The second kappa shape index (κ2) is 6.69. The molecule has 0 spiro atoms. The Kier molecular flexibility index (Phi) is 4.94. The summed E-state index contributed by atoms with van der Waals surface area (Å²) in [5.41, 5.74) is 1.17. The van der Waals surface area contributed by atoms with E-state index in [1.54, 1.807) is 0 Å². The molecule has 1 aromatic carbocycles. The van der Waals surface area contributed by atoms with Crippen LogP contribution in [0, 0.1) is 23.7 Å². The van der Waals surface area contributed by atoms with Gasteiger partial charge in [0.1, 0.15) is 0 Å². The Morgan fingerprint density at radius 1 is 1.05 bits per heavy atom. The molecule has 0 amide bonds. The summed E-state index contributed by atoms with van der Waals surface area (Å²) in [7, 11) is 0. The summed E-state index contributed by atoms with van der Waals surface area (Å²) in [5.74, 6) is 0.874. The molecule has 1 saturated carbocycles. The van der Waals surface area contributed by atoms with Gasteiger partial charge in [-0.1, -0.05) is 48.6 Å². The number of allylic oxidation sites excluding steroid dienone is 2. The standard InChI is InChI=1S/C17H22O2/c1-2-14-10-15(17(12-19)16(14)11-18)9-8-13-6-4-3-5-7-13/h2-9,14-19H,1,10-12H2/b9-8+/t14-,15+,16+,17-/m1/s1. The molecule has 19 heavy (non-hydrogen) atoms. The molecule has 0 unspecified atom stereocenters. The first-order valence-corrected chi connectivity index (χ1v) is 6.87. The van der Waals surface area contributed by atoms with E-state index < -0.39 is 0 Å². The smallest absolute Gasteiger partial charge is 0.0468 e. The van der Waals surface area contributed by atoms with Crippen molar-refractivity contribution in [3.05, 3.63) is 54.6 Å². The Bertz CT molecular complexity index is 424. The van der Waals surface area contributed by atoms with Crippen LogP contribution in [0.1, 0.15) is 12.0 Å². The molecule has 0 bridgehead atoms. The summed E-state index contributed by atoms with van der Waals surface area (Å²) in [6.45, 7) is 4.09. The van der Waals surface area contributed by atoms with Crippen LogP contribution in [-0.2, 0) is 0 Å². The number of rotatable bonds is 5. The van der Waals surface area contributed by atoms with Crippen LogP contribution in [-0.4, -0.2) is 23.4 Å². The van der Waals surface area contributed by atoms with E-state index in [2.05, 4.69) is 30.9 Å². The van der Waals surface area contributed by atoms with Crippen LogP contribution in [0.25, 0.3) is 6.08 Å². The van der Waals surface area contributed by atoms with Crippen molar-refractivity contribution < 1.29 is 10.2 Å². The molecule has 2 nitrogen and oxygen atoms in total. The Hall–Kier alpha value is -1.38. The van der Waals surface area contributed by atoms with Crippen molar-refractivity contribution >= 4 is 6.08 Å². The number of benzene rings is 1. The van der Waals surface area contributed by atoms with E-state index in [9.17, 15) is 10.2 Å². The summed E-state index contributed by atoms with van der Waals surface area (Å²) in [6.07, 6.45) is 7.15. The van der Waals surface area contributed by atoms with Gasteiger partial charge in [-0.3, -0.25) is 0 Å². The summed E-state index contributed by atoms with van der Waals surface area (Å²) in [4.78, 5) is 0. The fourth-order valence-electron chi connectivity index (χ4n) is 3.13. The quantitative estimate of drug-likeness (QED) is 0.797. The van der Waals surface area contributed by atoms with E-state index >= 15 is 0 Å². The van der Waals surface area contributed by atoms with Crippen molar-refractivity contribution in [2.24, 2.45) is 23.7 Å². The van der Waals surface area contributed by atoms with Gasteiger partial charge in [0.05, 0.1) is 0 Å². The molecule has 1 fully saturated rings. The number of aliphatic hydroxyl groups is 2. The number of aliphatic hydroxyl groups excluding tert-OH is 2. The van der Waals surface area contributed by atoms with Gasteiger partial charge in [0.15, 0.2) is 0 Å². The van der Waals surface area contributed by atoms with E-state index in [1.165, 1.54) is 5.56 Å². The van der Waals surface area contributed by atoms with Crippen LogP contribution in [0.15, 0.2) is 49.1 Å². The maximum atomic E-state index is 9.57. The van der Waals surface area contributed by atoms with Crippen molar-refractivity contribution in [2.45, 2.75) is 6.42 Å². The lowest BCUT2D eigenvalue weighted by Crippen LogP contribution is -2.23. The van der Waals surface area contributed by atoms with Crippen molar-refractivity contribution in [1.82, 2.24) is 0 Å². The fraction of sp³-hybridized carbons (Fsp3) is 0.412. The second-order valence-corrected chi connectivity index (χ2v) is 5.26. The molecular weight excluding hydrogens is 236 g/mol.